The molecule has 12 heteroatoms. The smallest absolute Gasteiger partial charge is 0.322 e. The third-order valence-electron chi connectivity index (χ3n) is 3.60. The second-order valence-electron chi connectivity index (χ2n) is 6.66. The molecular weight excluding hydrogens is 374 g/mol. The molecule has 12 nitrogen and oxygen atoms in total. The molecule has 9 N–H and O–H groups in total. The van der Waals surface area contributed by atoms with E-state index in [0.29, 0.717) is 0 Å². The van der Waals surface area contributed by atoms with Crippen LogP contribution in [-0.4, -0.2) is 71.1 Å². The van der Waals surface area contributed by atoms with Crippen molar-refractivity contribution in [2.45, 2.75) is 51.2 Å². The summed E-state index contributed by atoms with van der Waals surface area (Å²) in [4.78, 5) is 58.2. The fraction of sp³-hybridized carbons (Fsp3) is 0.688. The molecule has 0 rings (SSSR count). The molecule has 0 aliphatic rings. The number of amides is 4. The van der Waals surface area contributed by atoms with Gasteiger partial charge in [0.25, 0.3) is 0 Å². The Labute approximate surface area is 162 Å². The van der Waals surface area contributed by atoms with Crippen LogP contribution in [-0.2, 0) is 24.0 Å². The predicted molar refractivity (Wildman–Crippen MR) is 97.5 cm³/mol. The Hall–Kier alpha value is -2.73. The molecule has 4 amide bonds. The Kier molecular flexibility index (Phi) is 11.4. The highest BCUT2D eigenvalue weighted by molar-refractivity contribution is 5.93. The van der Waals surface area contributed by atoms with Gasteiger partial charge in [-0.3, -0.25) is 24.0 Å². The molecule has 0 spiro atoms. The number of hydrogen-bond acceptors (Lipinski definition) is 7. The highest BCUT2D eigenvalue weighted by Gasteiger charge is 2.28. The number of aliphatic carboxylic acids is 1. The van der Waals surface area contributed by atoms with Gasteiger partial charge >= 0.3 is 5.97 Å². The minimum Gasteiger partial charge on any atom is -0.480 e. The Balaban J connectivity index is 5.23. The number of hydrogen-bond donors (Lipinski definition) is 7. The number of carboxylic acid groups (broad SMARTS) is 1. The maximum Gasteiger partial charge on any atom is 0.322 e. The summed E-state index contributed by atoms with van der Waals surface area (Å²) in [6, 6.07) is -3.49. The summed E-state index contributed by atoms with van der Waals surface area (Å²) in [5.74, 6) is -4.26. The van der Waals surface area contributed by atoms with Crippen molar-refractivity contribution in [3.8, 4) is 0 Å². The fourth-order valence-corrected chi connectivity index (χ4v) is 2.18. The lowest BCUT2D eigenvalue weighted by atomic mass is 10.0. The number of aliphatic hydroxyl groups is 1. The van der Waals surface area contributed by atoms with Crippen molar-refractivity contribution < 1.29 is 34.2 Å². The molecule has 0 aromatic heterocycles. The largest absolute Gasteiger partial charge is 0.480 e. The van der Waals surface area contributed by atoms with E-state index < -0.39 is 60.9 Å². The summed E-state index contributed by atoms with van der Waals surface area (Å²) in [5, 5.41) is 24.5. The molecule has 0 heterocycles. The molecule has 0 aromatic carbocycles. The van der Waals surface area contributed by atoms with Crippen molar-refractivity contribution in [2.24, 2.45) is 17.4 Å². The molecule has 0 saturated heterocycles. The van der Waals surface area contributed by atoms with E-state index in [2.05, 4.69) is 16.0 Å². The quantitative estimate of drug-likeness (QED) is 0.166. The highest BCUT2D eigenvalue weighted by Crippen LogP contribution is 2.07. The first-order valence-corrected chi connectivity index (χ1v) is 8.72. The van der Waals surface area contributed by atoms with Gasteiger partial charge in [0, 0.05) is 6.42 Å². The summed E-state index contributed by atoms with van der Waals surface area (Å²) < 4.78 is 0. The van der Waals surface area contributed by atoms with Crippen molar-refractivity contribution in [3.63, 3.8) is 0 Å². The molecule has 0 aliphatic heterocycles. The second-order valence-corrected chi connectivity index (χ2v) is 6.66. The molecule has 28 heavy (non-hydrogen) atoms. The maximum atomic E-state index is 12.6. The number of rotatable bonds is 13. The van der Waals surface area contributed by atoms with Crippen LogP contribution in [0.5, 0.6) is 0 Å². The fourth-order valence-electron chi connectivity index (χ4n) is 2.18. The van der Waals surface area contributed by atoms with Gasteiger partial charge in [0.2, 0.25) is 23.6 Å². The number of primary amides is 1. The maximum absolute atomic E-state index is 12.6. The van der Waals surface area contributed by atoms with E-state index in [1.54, 1.807) is 0 Å². The molecule has 0 saturated carbocycles. The van der Waals surface area contributed by atoms with Crippen molar-refractivity contribution >= 4 is 29.6 Å². The summed E-state index contributed by atoms with van der Waals surface area (Å²) in [7, 11) is 0. The van der Waals surface area contributed by atoms with Gasteiger partial charge in [0.1, 0.15) is 24.7 Å². The zero-order valence-electron chi connectivity index (χ0n) is 15.9. The molecule has 3 atom stereocenters. The lowest BCUT2D eigenvalue weighted by Gasteiger charge is -2.24. The monoisotopic (exact) mass is 403 g/mol. The van der Waals surface area contributed by atoms with Gasteiger partial charge in [0.15, 0.2) is 0 Å². The minimum atomic E-state index is -1.28. The molecule has 0 bridgehead atoms. The first-order valence-electron chi connectivity index (χ1n) is 8.72. The van der Waals surface area contributed by atoms with Crippen LogP contribution in [0, 0.1) is 5.92 Å². The number of carboxylic acids is 1. The van der Waals surface area contributed by atoms with Crippen LogP contribution in [0.4, 0.5) is 0 Å². The summed E-state index contributed by atoms with van der Waals surface area (Å²) >= 11 is 0. The summed E-state index contributed by atoms with van der Waals surface area (Å²) in [5.41, 5.74) is 10.5. The highest BCUT2D eigenvalue weighted by atomic mass is 16.4. The zero-order valence-corrected chi connectivity index (χ0v) is 15.9. The molecule has 0 aliphatic carbocycles. The van der Waals surface area contributed by atoms with Crippen LogP contribution in [0.1, 0.15) is 33.1 Å². The zero-order chi connectivity index (χ0) is 21.9. The van der Waals surface area contributed by atoms with E-state index in [4.69, 9.17) is 21.7 Å². The summed E-state index contributed by atoms with van der Waals surface area (Å²) in [6.45, 7) is 2.34. The Morgan fingerprint density at radius 3 is 2.00 bits per heavy atom. The molecular formula is C16H29N5O7. The first kappa shape index (κ1) is 25.3. The van der Waals surface area contributed by atoms with Crippen LogP contribution in [0.2, 0.25) is 0 Å². The average molecular weight is 403 g/mol. The number of nitrogens with one attached hydrogen (secondary N) is 3. The minimum absolute atomic E-state index is 0.00805. The van der Waals surface area contributed by atoms with Crippen LogP contribution in [0.3, 0.4) is 0 Å². The van der Waals surface area contributed by atoms with E-state index in [9.17, 15) is 24.0 Å². The van der Waals surface area contributed by atoms with Crippen LogP contribution < -0.4 is 27.4 Å². The molecule has 160 valence electrons. The molecule has 0 radical (unpaired) electrons. The third kappa shape index (κ3) is 10.4. The topological polar surface area (TPSA) is 214 Å². The molecule has 0 fully saturated rings. The number of aliphatic hydroxyl groups excluding tert-OH is 1. The van der Waals surface area contributed by atoms with Gasteiger partial charge in [-0.25, -0.2) is 0 Å². The van der Waals surface area contributed by atoms with E-state index >= 15 is 0 Å². The van der Waals surface area contributed by atoms with Crippen molar-refractivity contribution in [1.29, 1.82) is 0 Å². The van der Waals surface area contributed by atoms with Crippen molar-refractivity contribution in [1.82, 2.24) is 16.0 Å². The van der Waals surface area contributed by atoms with E-state index in [1.807, 2.05) is 13.8 Å². The average Bonchev–Trinajstić information content (AvgIpc) is 2.60. The molecule has 3 unspecified atom stereocenters. The van der Waals surface area contributed by atoms with Crippen LogP contribution >= 0.6 is 0 Å². The van der Waals surface area contributed by atoms with Gasteiger partial charge in [0.05, 0.1) is 6.61 Å². The third-order valence-corrected chi connectivity index (χ3v) is 3.60. The van der Waals surface area contributed by atoms with Gasteiger partial charge in [-0.2, -0.15) is 0 Å². The lowest BCUT2D eigenvalue weighted by Crippen LogP contribution is -2.56. The Bertz CT molecular complexity index is 582. The Morgan fingerprint density at radius 2 is 1.54 bits per heavy atom. The normalized spacial score (nSPS) is 13.9. The lowest BCUT2D eigenvalue weighted by molar-refractivity contribution is -0.138. The number of carbonyl (C=O) groups excluding carboxylic acids is 4. The van der Waals surface area contributed by atoms with Crippen LogP contribution in [0.25, 0.3) is 0 Å². The van der Waals surface area contributed by atoms with Crippen LogP contribution in [0.15, 0.2) is 0 Å². The van der Waals surface area contributed by atoms with E-state index in [-0.39, 0.29) is 25.2 Å². The standard InChI is InChI=1S/C16H29N5O7/c1-8(2)5-11(21-14(26)9(17)7-22)16(28)20-10(3-4-12(18)23)15(27)19-6-13(24)25/h8-11,22H,3-7,17H2,1-2H3,(H2,18,23)(H,19,27)(H,20,28)(H,21,26)(H,24,25). The van der Waals surface area contributed by atoms with Gasteiger partial charge in [-0.1, -0.05) is 13.8 Å². The van der Waals surface area contributed by atoms with Crippen molar-refractivity contribution in [2.75, 3.05) is 13.2 Å². The second kappa shape index (κ2) is 12.6. The van der Waals surface area contributed by atoms with Gasteiger partial charge in [-0.15, -0.1) is 0 Å². The SMILES string of the molecule is CC(C)CC(NC(=O)C(N)CO)C(=O)NC(CCC(N)=O)C(=O)NCC(=O)O. The van der Waals surface area contributed by atoms with Gasteiger partial charge < -0.3 is 37.6 Å². The number of carbonyl (C=O) groups is 5. The van der Waals surface area contributed by atoms with Crippen molar-refractivity contribution in [3.05, 3.63) is 0 Å². The van der Waals surface area contributed by atoms with E-state index in [1.165, 1.54) is 0 Å². The van der Waals surface area contributed by atoms with Gasteiger partial charge in [-0.05, 0) is 18.8 Å². The van der Waals surface area contributed by atoms with E-state index in [0.717, 1.165) is 0 Å². The number of nitrogens with two attached hydrogens (primary N) is 2. The predicted octanol–water partition coefficient (Wildman–Crippen LogP) is -3.21. The Morgan fingerprint density at radius 1 is 0.964 bits per heavy atom. The first-order chi connectivity index (χ1) is 13.0. The molecule has 0 aromatic rings. The summed E-state index contributed by atoms with van der Waals surface area (Å²) in [6.07, 6.45) is -0.151.